The molecule has 5 nitrogen and oxygen atoms in total. The van der Waals surface area contributed by atoms with Crippen LogP contribution in [-0.2, 0) is 19.6 Å². The van der Waals surface area contributed by atoms with Crippen molar-refractivity contribution in [2.45, 2.75) is 19.5 Å². The molecule has 0 saturated heterocycles. The molecule has 0 fully saturated rings. The molecule has 98 valence electrons. The molecule has 0 unspecified atom stereocenters. The van der Waals surface area contributed by atoms with Crippen molar-refractivity contribution in [3.63, 3.8) is 0 Å². The molecule has 0 spiro atoms. The Hall–Kier alpha value is -0.110. The van der Waals surface area contributed by atoms with E-state index in [0.717, 1.165) is 0 Å². The predicted molar refractivity (Wildman–Crippen MR) is 70.2 cm³/mol. The van der Waals surface area contributed by atoms with Crippen LogP contribution < -0.4 is 4.18 Å². The zero-order chi connectivity index (χ0) is 12.7. The van der Waals surface area contributed by atoms with Gasteiger partial charge < -0.3 is 13.7 Å². The first-order chi connectivity index (χ1) is 8.10. The summed E-state index contributed by atoms with van der Waals surface area (Å²) in [6, 6.07) is 8.23. The summed E-state index contributed by atoms with van der Waals surface area (Å²) in [5.41, 5.74) is -1.39. The summed E-state index contributed by atoms with van der Waals surface area (Å²) in [7, 11) is -3.94. The first kappa shape index (κ1) is 17.9. The van der Waals surface area contributed by atoms with Crippen LogP contribution in [0.2, 0.25) is 0 Å². The Morgan fingerprint density at radius 3 is 2.00 bits per heavy atom. The molecular formula is C11H17NaO5S. The van der Waals surface area contributed by atoms with Crippen LogP contribution in [-0.4, -0.2) is 56.8 Å². The van der Waals surface area contributed by atoms with Gasteiger partial charge in [0.15, 0.2) is 0 Å². The van der Waals surface area contributed by atoms with Crippen LogP contribution in [0, 0.1) is 0 Å². The van der Waals surface area contributed by atoms with E-state index in [1.54, 1.807) is 44.2 Å². The van der Waals surface area contributed by atoms with E-state index in [0.29, 0.717) is 0 Å². The topological polar surface area (TPSA) is 61.8 Å². The molecule has 0 saturated carbocycles. The van der Waals surface area contributed by atoms with E-state index in [1.165, 1.54) is 0 Å². The van der Waals surface area contributed by atoms with E-state index in [9.17, 15) is 8.42 Å². The van der Waals surface area contributed by atoms with Crippen molar-refractivity contribution in [3.05, 3.63) is 30.3 Å². The maximum atomic E-state index is 11.8. The van der Waals surface area contributed by atoms with E-state index in [1.807, 2.05) is 0 Å². The van der Waals surface area contributed by atoms with Crippen LogP contribution in [0.15, 0.2) is 30.3 Å². The van der Waals surface area contributed by atoms with Crippen LogP contribution >= 0.6 is 0 Å². The third kappa shape index (κ3) is 5.69. The van der Waals surface area contributed by atoms with Gasteiger partial charge in [0.2, 0.25) is 0 Å². The Morgan fingerprint density at radius 1 is 1.06 bits per heavy atom. The maximum absolute atomic E-state index is 11.8. The molecule has 1 aromatic carbocycles. The van der Waals surface area contributed by atoms with Crippen molar-refractivity contribution in [3.8, 4) is 5.75 Å². The molecule has 0 aromatic heterocycles. The molecule has 0 radical (unpaired) electrons. The Labute approximate surface area is 130 Å². The molecule has 0 heterocycles. The monoisotopic (exact) mass is 284 g/mol. The van der Waals surface area contributed by atoms with Gasteiger partial charge >= 0.3 is 45.3 Å². The second-order valence-electron chi connectivity index (χ2n) is 3.09. The summed E-state index contributed by atoms with van der Waals surface area (Å²) in [5, 5.41) is 0. The molecule has 18 heavy (non-hydrogen) atoms. The predicted octanol–water partition coefficient (Wildman–Crippen LogP) is 1.10. The van der Waals surface area contributed by atoms with Gasteiger partial charge in [-0.3, -0.25) is 0 Å². The van der Waals surface area contributed by atoms with Crippen molar-refractivity contribution in [1.29, 1.82) is 0 Å². The van der Waals surface area contributed by atoms with Crippen molar-refractivity contribution in [2.75, 3.05) is 13.2 Å². The normalized spacial score (nSPS) is 11.1. The molecule has 0 aliphatic heterocycles. The minimum absolute atomic E-state index is 0. The van der Waals surface area contributed by atoms with Crippen LogP contribution in [0.3, 0.4) is 0 Å². The van der Waals surface area contributed by atoms with Crippen LogP contribution in [0.1, 0.15) is 13.8 Å². The molecule has 1 aromatic rings. The number of para-hydroxylation sites is 1. The van der Waals surface area contributed by atoms with Gasteiger partial charge in [0.1, 0.15) is 5.75 Å². The molecule has 0 bridgehead atoms. The second kappa shape index (κ2) is 8.90. The molecule has 0 N–H and O–H groups in total. The van der Waals surface area contributed by atoms with Gasteiger partial charge in [0, 0.05) is 13.2 Å². The van der Waals surface area contributed by atoms with E-state index >= 15 is 0 Å². The standard InChI is InChI=1S/C11H16O5S.Na.H/c1-3-14-11(15-4-2)17(12,13)16-10-8-6-5-7-9-10;;/h5-9,11H,3-4H2,1-2H3;;. The summed E-state index contributed by atoms with van der Waals surface area (Å²) < 4.78 is 38.5. The molecule has 0 amide bonds. The Morgan fingerprint density at radius 2 is 1.56 bits per heavy atom. The van der Waals surface area contributed by atoms with E-state index in [-0.39, 0.29) is 48.5 Å². The molecule has 1 rings (SSSR count). The second-order valence-corrected chi connectivity index (χ2v) is 4.63. The van der Waals surface area contributed by atoms with Crippen LogP contribution in [0.4, 0.5) is 0 Å². The van der Waals surface area contributed by atoms with Crippen molar-refractivity contribution in [1.82, 2.24) is 0 Å². The van der Waals surface area contributed by atoms with Gasteiger partial charge in [0.25, 0.3) is 0 Å². The van der Waals surface area contributed by atoms with Crippen molar-refractivity contribution in [2.24, 2.45) is 0 Å². The molecule has 0 atom stereocenters. The Balaban J connectivity index is 0.00000289. The number of ether oxygens (including phenoxy) is 2. The number of benzene rings is 1. The van der Waals surface area contributed by atoms with Gasteiger partial charge in [-0.15, -0.1) is 0 Å². The van der Waals surface area contributed by atoms with E-state index in [4.69, 9.17) is 13.7 Å². The molecule has 0 aliphatic carbocycles. The summed E-state index contributed by atoms with van der Waals surface area (Å²) in [5.74, 6) is 0.233. The summed E-state index contributed by atoms with van der Waals surface area (Å²) in [6.45, 7) is 3.82. The quantitative estimate of drug-likeness (QED) is 0.426. The van der Waals surface area contributed by atoms with Crippen LogP contribution in [0.5, 0.6) is 5.75 Å². The molecular weight excluding hydrogens is 267 g/mol. The van der Waals surface area contributed by atoms with Gasteiger partial charge in [0.05, 0.1) is 0 Å². The Kier molecular flexibility index (Phi) is 8.85. The Bertz CT molecular complexity index is 414. The fourth-order valence-corrected chi connectivity index (χ4v) is 2.20. The van der Waals surface area contributed by atoms with Gasteiger partial charge in [-0.05, 0) is 26.0 Å². The summed E-state index contributed by atoms with van der Waals surface area (Å²) in [6.07, 6.45) is 0. The average molecular weight is 284 g/mol. The van der Waals surface area contributed by atoms with Crippen molar-refractivity contribution >= 4 is 39.7 Å². The van der Waals surface area contributed by atoms with Crippen molar-refractivity contribution < 1.29 is 22.1 Å². The van der Waals surface area contributed by atoms with E-state index in [2.05, 4.69) is 0 Å². The number of hydrogen-bond acceptors (Lipinski definition) is 5. The summed E-state index contributed by atoms with van der Waals surface area (Å²) >= 11 is 0. The summed E-state index contributed by atoms with van der Waals surface area (Å²) in [4.78, 5) is 0. The number of rotatable bonds is 7. The third-order valence-electron chi connectivity index (χ3n) is 1.80. The third-order valence-corrected chi connectivity index (χ3v) is 2.97. The number of hydrogen-bond donors (Lipinski definition) is 0. The zero-order valence-corrected chi connectivity index (χ0v) is 10.6. The fraction of sp³-hybridized carbons (Fsp3) is 0.455. The minimum atomic E-state index is -3.94. The average Bonchev–Trinajstić information content (AvgIpc) is 2.29. The van der Waals surface area contributed by atoms with E-state index < -0.39 is 15.7 Å². The fourth-order valence-electron chi connectivity index (χ4n) is 1.14. The van der Waals surface area contributed by atoms with Crippen LogP contribution in [0.25, 0.3) is 0 Å². The van der Waals surface area contributed by atoms with Gasteiger partial charge in [-0.2, -0.15) is 8.42 Å². The first-order valence-corrected chi connectivity index (χ1v) is 6.78. The SMILES string of the molecule is CCOC(OCC)S(=O)(=O)Oc1ccccc1.[NaH]. The zero-order valence-electron chi connectivity index (χ0n) is 9.83. The molecule has 0 aliphatic rings. The first-order valence-electron chi connectivity index (χ1n) is 5.31. The van der Waals surface area contributed by atoms with Gasteiger partial charge in [-0.1, -0.05) is 18.2 Å². The molecule has 7 heteroatoms. The van der Waals surface area contributed by atoms with Gasteiger partial charge in [-0.25, -0.2) is 0 Å².